The molecule has 6 atom stereocenters. The lowest BCUT2D eigenvalue weighted by Crippen LogP contribution is -2.57. The lowest BCUT2D eigenvalue weighted by atomic mass is 9.73. The lowest BCUT2D eigenvalue weighted by Gasteiger charge is -2.46. The van der Waals surface area contributed by atoms with Gasteiger partial charge in [-0.2, -0.15) is 0 Å². The van der Waals surface area contributed by atoms with Gasteiger partial charge < -0.3 is 52.8 Å². The van der Waals surface area contributed by atoms with E-state index in [-0.39, 0.29) is 48.7 Å². The van der Waals surface area contributed by atoms with E-state index in [0.29, 0.717) is 28.7 Å². The molecule has 4 aliphatic heterocycles. The zero-order chi connectivity index (χ0) is 38.9. The number of hydrogen-bond acceptors (Lipinski definition) is 13. The highest BCUT2D eigenvalue weighted by Crippen LogP contribution is 2.55. The molecule has 2 spiro atoms. The van der Waals surface area contributed by atoms with E-state index in [1.54, 1.807) is 44.6 Å². The van der Waals surface area contributed by atoms with Crippen molar-refractivity contribution >= 4 is 45.0 Å². The third kappa shape index (κ3) is 7.62. The molecule has 13 nitrogen and oxygen atoms in total. The van der Waals surface area contributed by atoms with Gasteiger partial charge in [0.25, 0.3) is 0 Å². The minimum absolute atomic E-state index is 0.0465. The summed E-state index contributed by atoms with van der Waals surface area (Å²) in [6.45, 7) is 7.62. The SMILES string of the molecule is CO[C@@H]1OC2(CC(O)C2)[C@H]2OC(C)(C)O[C@@H]12.CO[C@@H]1OC2(CC(Oc3ccc4ccc(Cl)nc4c3)C2)[C@H]2OC(C)(C)O[C@@H]12.Oc1ccc2ccc(Cl)nc2c1. The number of aliphatic hydroxyl groups excluding tert-OH is 1. The third-order valence-corrected chi connectivity index (χ3v) is 11.3. The number of benzene rings is 2. The Hall–Kier alpha value is -2.92. The van der Waals surface area contributed by atoms with Gasteiger partial charge >= 0.3 is 0 Å². The first-order valence-corrected chi connectivity index (χ1v) is 19.1. The minimum Gasteiger partial charge on any atom is -0.508 e. The molecule has 2 saturated carbocycles. The Balaban J connectivity index is 0.000000129. The summed E-state index contributed by atoms with van der Waals surface area (Å²) in [5, 5.41) is 21.5. The van der Waals surface area contributed by atoms with E-state index in [0.717, 1.165) is 34.9 Å². The zero-order valence-corrected chi connectivity index (χ0v) is 33.0. The van der Waals surface area contributed by atoms with Crippen LogP contribution in [-0.2, 0) is 37.9 Å². The van der Waals surface area contributed by atoms with Gasteiger partial charge in [0.15, 0.2) is 24.2 Å². The molecule has 0 radical (unpaired) electrons. The summed E-state index contributed by atoms with van der Waals surface area (Å²) < 4.78 is 52.7. The fourth-order valence-electron chi connectivity index (χ4n) is 8.49. The summed E-state index contributed by atoms with van der Waals surface area (Å²) in [7, 11) is 3.24. The van der Waals surface area contributed by atoms with Crippen LogP contribution in [0.1, 0.15) is 53.4 Å². The van der Waals surface area contributed by atoms with E-state index in [2.05, 4.69) is 9.97 Å². The molecule has 2 aromatic carbocycles. The van der Waals surface area contributed by atoms with Crippen LogP contribution in [-0.4, -0.2) is 106 Å². The van der Waals surface area contributed by atoms with Crippen molar-refractivity contribution in [2.45, 2.75) is 125 Å². The van der Waals surface area contributed by atoms with Crippen molar-refractivity contribution < 1.29 is 52.8 Å². The van der Waals surface area contributed by atoms with Crippen LogP contribution in [0.2, 0.25) is 10.3 Å². The zero-order valence-electron chi connectivity index (χ0n) is 31.4. The number of halogens is 2. The van der Waals surface area contributed by atoms with Crippen molar-refractivity contribution in [2.75, 3.05) is 14.2 Å². The van der Waals surface area contributed by atoms with E-state index >= 15 is 0 Å². The highest BCUT2D eigenvalue weighted by molar-refractivity contribution is 6.30. The fraction of sp³-hybridized carbons (Fsp3) is 0.550. The van der Waals surface area contributed by atoms with Gasteiger partial charge in [0.1, 0.15) is 63.5 Å². The number of fused-ring (bicyclic) bond motifs is 6. The molecule has 0 amide bonds. The Labute approximate surface area is 329 Å². The fourth-order valence-corrected chi connectivity index (χ4v) is 8.80. The minimum atomic E-state index is -0.627. The van der Waals surface area contributed by atoms with Gasteiger partial charge in [-0.1, -0.05) is 23.2 Å². The topological polar surface area (TPSA) is 149 Å². The number of phenols is 1. The smallest absolute Gasteiger partial charge is 0.186 e. The van der Waals surface area contributed by atoms with Crippen LogP contribution in [0.25, 0.3) is 21.8 Å². The van der Waals surface area contributed by atoms with Crippen molar-refractivity contribution in [2.24, 2.45) is 0 Å². The maximum absolute atomic E-state index is 9.47. The Bertz CT molecular complexity index is 2000. The second-order valence-electron chi connectivity index (χ2n) is 15.8. The summed E-state index contributed by atoms with van der Waals surface area (Å²) in [4.78, 5) is 8.39. The average molecular weight is 802 g/mol. The van der Waals surface area contributed by atoms with Crippen LogP contribution in [0.15, 0.2) is 60.7 Å². The quantitative estimate of drug-likeness (QED) is 0.212. The monoisotopic (exact) mass is 800 g/mol. The first kappa shape index (κ1) is 38.9. The van der Waals surface area contributed by atoms with Crippen molar-refractivity contribution in [1.82, 2.24) is 9.97 Å². The maximum Gasteiger partial charge on any atom is 0.186 e. The largest absolute Gasteiger partial charge is 0.508 e. The first-order valence-electron chi connectivity index (χ1n) is 18.4. The summed E-state index contributed by atoms with van der Waals surface area (Å²) in [5.74, 6) is -0.238. The third-order valence-electron chi connectivity index (χ3n) is 10.9. The van der Waals surface area contributed by atoms with Gasteiger partial charge in [0.05, 0.1) is 17.1 Å². The number of pyridine rings is 2. The number of aromatic hydroxyl groups is 1. The van der Waals surface area contributed by atoms with Gasteiger partial charge in [-0.3, -0.25) is 0 Å². The molecule has 2 N–H and O–H groups in total. The second-order valence-corrected chi connectivity index (χ2v) is 16.6. The Morgan fingerprint density at radius 3 is 1.62 bits per heavy atom. The summed E-state index contributed by atoms with van der Waals surface area (Å²) in [6.07, 6.45) is 0.956. The molecule has 4 saturated heterocycles. The molecular weight excluding hydrogens is 755 g/mol. The van der Waals surface area contributed by atoms with Crippen molar-refractivity contribution in [3.8, 4) is 11.5 Å². The Morgan fingerprint density at radius 2 is 1.11 bits per heavy atom. The van der Waals surface area contributed by atoms with Crippen LogP contribution >= 0.6 is 23.2 Å². The van der Waals surface area contributed by atoms with Crippen LogP contribution in [0.4, 0.5) is 0 Å². The molecule has 0 bridgehead atoms. The normalized spacial score (nSPS) is 36.0. The molecule has 55 heavy (non-hydrogen) atoms. The number of aromatic nitrogens is 2. The molecule has 2 aromatic heterocycles. The van der Waals surface area contributed by atoms with E-state index in [4.69, 9.17) is 70.9 Å². The molecule has 10 rings (SSSR count). The molecule has 6 fully saturated rings. The van der Waals surface area contributed by atoms with Gasteiger partial charge in [-0.25, -0.2) is 9.97 Å². The number of methoxy groups -OCH3 is 2. The Kier molecular flexibility index (Phi) is 10.2. The van der Waals surface area contributed by atoms with Crippen molar-refractivity contribution in [3.63, 3.8) is 0 Å². The number of hydrogen-bond donors (Lipinski definition) is 2. The summed E-state index contributed by atoms with van der Waals surface area (Å²) >= 11 is 11.7. The lowest BCUT2D eigenvalue weighted by molar-refractivity contribution is -0.277. The summed E-state index contributed by atoms with van der Waals surface area (Å²) in [6, 6.07) is 18.2. The van der Waals surface area contributed by atoms with Crippen LogP contribution in [0.5, 0.6) is 11.5 Å². The molecule has 6 heterocycles. The van der Waals surface area contributed by atoms with Crippen LogP contribution in [0.3, 0.4) is 0 Å². The van der Waals surface area contributed by atoms with E-state index in [1.807, 2.05) is 58.0 Å². The summed E-state index contributed by atoms with van der Waals surface area (Å²) in [5.41, 5.74) is 0.711. The van der Waals surface area contributed by atoms with Gasteiger partial charge in [-0.05, 0) is 76.2 Å². The van der Waals surface area contributed by atoms with Crippen LogP contribution in [0, 0.1) is 0 Å². The van der Waals surface area contributed by atoms with Gasteiger partial charge in [0.2, 0.25) is 0 Å². The molecule has 4 aromatic rings. The molecule has 0 unspecified atom stereocenters. The number of aliphatic hydroxyl groups is 1. The standard InChI is InChI=1S/C20H22ClNO5.C11H18O5.C9H6ClNO/c1-19(2)25-16-17(26-19)20(27-18(16)23-3)9-13(10-20)24-12-6-4-11-5-7-15(21)22-14(11)8-12;1-10(2)14-7-8(15-10)11(4-6(12)5-11)16-9(7)13-3;10-9-4-2-6-1-3-7(12)5-8(6)11-9/h4-8,13,16-18H,9-10H2,1-3H3;6-9,12H,4-5H2,1-3H3;1-5,12H/t13?,16-,17+,18-,20?;6?,7-,8+,9-,11?;/m11./s1. The highest BCUT2D eigenvalue weighted by atomic mass is 35.5. The average Bonchev–Trinajstić information content (AvgIpc) is 3.79. The number of rotatable bonds is 4. The van der Waals surface area contributed by atoms with Gasteiger partial charge in [0, 0.05) is 62.8 Å². The Morgan fingerprint density at radius 1 is 0.636 bits per heavy atom. The van der Waals surface area contributed by atoms with Crippen molar-refractivity contribution in [1.29, 1.82) is 0 Å². The van der Waals surface area contributed by atoms with Crippen LogP contribution < -0.4 is 4.74 Å². The number of ether oxygens (including phenoxy) is 9. The van der Waals surface area contributed by atoms with Crippen molar-refractivity contribution in [3.05, 3.63) is 71.0 Å². The van der Waals surface area contributed by atoms with E-state index in [1.165, 1.54) is 0 Å². The predicted molar refractivity (Wildman–Crippen MR) is 201 cm³/mol. The highest BCUT2D eigenvalue weighted by Gasteiger charge is 2.68. The second kappa shape index (κ2) is 14.5. The molecule has 296 valence electrons. The molecule has 2 aliphatic carbocycles. The molecule has 6 aliphatic rings. The predicted octanol–water partition coefficient (Wildman–Crippen LogP) is 6.69. The molecule has 15 heteroatoms. The first-order chi connectivity index (χ1) is 26.1. The number of nitrogens with zero attached hydrogens (tertiary/aromatic N) is 2. The number of phenolic OH excluding ortho intramolecular Hbond substituents is 1. The van der Waals surface area contributed by atoms with E-state index in [9.17, 15) is 5.11 Å². The van der Waals surface area contributed by atoms with Gasteiger partial charge in [-0.15, -0.1) is 0 Å². The maximum atomic E-state index is 9.47. The molecular formula is C40H46Cl2N2O11. The van der Waals surface area contributed by atoms with E-state index < -0.39 is 29.1 Å².